The number of rotatable bonds is 4. The van der Waals surface area contributed by atoms with Gasteiger partial charge in [0.2, 0.25) is 0 Å². The van der Waals surface area contributed by atoms with Crippen molar-refractivity contribution in [1.29, 1.82) is 0 Å². The molecule has 0 aliphatic carbocycles. The van der Waals surface area contributed by atoms with E-state index in [9.17, 15) is 4.79 Å². The van der Waals surface area contributed by atoms with Gasteiger partial charge in [-0.15, -0.1) is 11.3 Å². The number of amides is 1. The van der Waals surface area contributed by atoms with Gasteiger partial charge < -0.3 is 15.2 Å². The van der Waals surface area contributed by atoms with Crippen LogP contribution in [0, 0.1) is 6.92 Å². The Morgan fingerprint density at radius 3 is 3.20 bits per heavy atom. The van der Waals surface area contributed by atoms with Crippen molar-refractivity contribution in [2.24, 2.45) is 0 Å². The van der Waals surface area contributed by atoms with E-state index < -0.39 is 0 Å². The number of thiazole rings is 1. The molecule has 2 aromatic heterocycles. The molecule has 3 heterocycles. The third-order valence-electron chi connectivity index (χ3n) is 4.12. The summed E-state index contributed by atoms with van der Waals surface area (Å²) in [6.45, 7) is 4.48. The SMILES string of the molecule is Cc1cccc(Cn2cnc(NC(=O)c3nc4c(s3)CCNC4)c2)c1. The van der Waals surface area contributed by atoms with Crippen LogP contribution >= 0.6 is 11.3 Å². The van der Waals surface area contributed by atoms with Gasteiger partial charge in [0.25, 0.3) is 5.91 Å². The van der Waals surface area contributed by atoms with E-state index in [1.54, 1.807) is 6.33 Å². The second-order valence-corrected chi connectivity index (χ2v) is 7.27. The molecular weight excluding hydrogens is 334 g/mol. The summed E-state index contributed by atoms with van der Waals surface area (Å²) in [5.74, 6) is 0.351. The van der Waals surface area contributed by atoms with Crippen LogP contribution in [0.5, 0.6) is 0 Å². The number of nitrogens with one attached hydrogen (secondary N) is 2. The molecule has 0 spiro atoms. The molecule has 1 amide bonds. The minimum Gasteiger partial charge on any atom is -0.331 e. The molecule has 25 heavy (non-hydrogen) atoms. The molecule has 0 fully saturated rings. The fraction of sp³-hybridized carbons (Fsp3) is 0.278. The number of benzene rings is 1. The van der Waals surface area contributed by atoms with Crippen LogP contribution < -0.4 is 10.6 Å². The Balaban J connectivity index is 1.43. The van der Waals surface area contributed by atoms with Gasteiger partial charge in [0.15, 0.2) is 10.8 Å². The summed E-state index contributed by atoms with van der Waals surface area (Å²) < 4.78 is 1.96. The number of anilines is 1. The van der Waals surface area contributed by atoms with Gasteiger partial charge in [-0.25, -0.2) is 9.97 Å². The van der Waals surface area contributed by atoms with Crippen LogP contribution in [0.3, 0.4) is 0 Å². The first-order chi connectivity index (χ1) is 12.2. The minimum atomic E-state index is -0.194. The van der Waals surface area contributed by atoms with Crippen molar-refractivity contribution < 1.29 is 4.79 Å². The monoisotopic (exact) mass is 353 g/mol. The highest BCUT2D eigenvalue weighted by Gasteiger charge is 2.19. The molecule has 0 saturated heterocycles. The topological polar surface area (TPSA) is 71.8 Å². The highest BCUT2D eigenvalue weighted by atomic mass is 32.1. The second-order valence-electron chi connectivity index (χ2n) is 6.19. The van der Waals surface area contributed by atoms with E-state index in [-0.39, 0.29) is 5.91 Å². The average Bonchev–Trinajstić information content (AvgIpc) is 3.21. The minimum absolute atomic E-state index is 0.194. The fourth-order valence-corrected chi connectivity index (χ4v) is 3.90. The van der Waals surface area contributed by atoms with Crippen LogP contribution in [-0.4, -0.2) is 27.0 Å². The first-order valence-corrected chi connectivity index (χ1v) is 9.07. The zero-order valence-corrected chi connectivity index (χ0v) is 14.8. The molecule has 0 unspecified atom stereocenters. The van der Waals surface area contributed by atoms with Gasteiger partial charge in [0.1, 0.15) is 0 Å². The number of hydrogen-bond acceptors (Lipinski definition) is 5. The van der Waals surface area contributed by atoms with E-state index in [0.29, 0.717) is 10.8 Å². The smallest absolute Gasteiger partial charge is 0.285 e. The van der Waals surface area contributed by atoms with Crippen LogP contribution in [0.4, 0.5) is 5.82 Å². The Morgan fingerprint density at radius 1 is 1.44 bits per heavy atom. The molecule has 128 valence electrons. The molecule has 4 rings (SSSR count). The maximum Gasteiger partial charge on any atom is 0.285 e. The number of imidazole rings is 1. The van der Waals surface area contributed by atoms with Crippen molar-refractivity contribution in [3.05, 3.63) is 63.5 Å². The van der Waals surface area contributed by atoms with E-state index in [4.69, 9.17) is 0 Å². The molecule has 2 N–H and O–H groups in total. The maximum absolute atomic E-state index is 12.4. The van der Waals surface area contributed by atoms with Crippen LogP contribution in [0.2, 0.25) is 0 Å². The molecule has 7 heteroatoms. The highest BCUT2D eigenvalue weighted by molar-refractivity contribution is 7.13. The first-order valence-electron chi connectivity index (χ1n) is 8.25. The Morgan fingerprint density at radius 2 is 2.36 bits per heavy atom. The van der Waals surface area contributed by atoms with Crippen molar-refractivity contribution in [3.8, 4) is 0 Å². The van der Waals surface area contributed by atoms with Crippen molar-refractivity contribution in [2.75, 3.05) is 11.9 Å². The summed E-state index contributed by atoms with van der Waals surface area (Å²) in [6.07, 6.45) is 4.51. The molecule has 3 aromatic rings. The molecule has 1 aliphatic rings. The van der Waals surface area contributed by atoms with Crippen molar-refractivity contribution >= 4 is 23.1 Å². The highest BCUT2D eigenvalue weighted by Crippen LogP contribution is 2.22. The van der Waals surface area contributed by atoms with Crippen molar-refractivity contribution in [1.82, 2.24) is 19.9 Å². The Bertz CT molecular complexity index is 890. The van der Waals surface area contributed by atoms with Crippen molar-refractivity contribution in [2.45, 2.75) is 26.4 Å². The van der Waals surface area contributed by atoms with Gasteiger partial charge in [-0.2, -0.15) is 0 Å². The average molecular weight is 353 g/mol. The summed E-state index contributed by atoms with van der Waals surface area (Å²) in [5.41, 5.74) is 3.43. The molecule has 6 nitrogen and oxygen atoms in total. The van der Waals surface area contributed by atoms with Crippen LogP contribution in [-0.2, 0) is 19.5 Å². The zero-order valence-electron chi connectivity index (χ0n) is 14.0. The number of nitrogens with zero attached hydrogens (tertiary/aromatic N) is 3. The molecule has 0 bridgehead atoms. The maximum atomic E-state index is 12.4. The molecule has 0 saturated carbocycles. The number of aromatic nitrogens is 3. The lowest BCUT2D eigenvalue weighted by Crippen LogP contribution is -2.22. The summed E-state index contributed by atoms with van der Waals surface area (Å²) in [6, 6.07) is 8.35. The second kappa shape index (κ2) is 6.78. The Kier molecular flexibility index (Phi) is 4.33. The van der Waals surface area contributed by atoms with E-state index in [2.05, 4.69) is 45.7 Å². The van der Waals surface area contributed by atoms with E-state index in [0.717, 1.165) is 31.7 Å². The lowest BCUT2D eigenvalue weighted by Gasteiger charge is -2.09. The Labute approximate surface area is 149 Å². The molecular formula is C18H19N5OS. The third kappa shape index (κ3) is 3.62. The van der Waals surface area contributed by atoms with Crippen LogP contribution in [0.15, 0.2) is 36.8 Å². The standard InChI is InChI=1S/C18H19N5OS/c1-12-3-2-4-13(7-12)9-23-10-16(20-11-23)22-17(24)18-21-14-8-19-6-5-15(14)25-18/h2-4,7,10-11,19H,5-6,8-9H2,1H3,(H,22,24). The number of aryl methyl sites for hydroxylation is 1. The number of hydrogen-bond donors (Lipinski definition) is 2. The lowest BCUT2D eigenvalue weighted by atomic mass is 10.1. The predicted octanol–water partition coefficient (Wildman–Crippen LogP) is 2.59. The summed E-state index contributed by atoms with van der Waals surface area (Å²) in [7, 11) is 0. The molecule has 0 radical (unpaired) electrons. The summed E-state index contributed by atoms with van der Waals surface area (Å²) in [5, 5.41) is 6.61. The van der Waals surface area contributed by atoms with Crippen LogP contribution in [0.25, 0.3) is 0 Å². The largest absolute Gasteiger partial charge is 0.331 e. The molecule has 1 aromatic carbocycles. The summed E-state index contributed by atoms with van der Waals surface area (Å²) >= 11 is 1.48. The number of carbonyl (C=O) groups is 1. The van der Waals surface area contributed by atoms with Crippen LogP contribution in [0.1, 0.15) is 31.5 Å². The van der Waals surface area contributed by atoms with Gasteiger partial charge in [0, 0.05) is 30.7 Å². The van der Waals surface area contributed by atoms with Gasteiger partial charge in [-0.05, 0) is 18.9 Å². The van der Waals surface area contributed by atoms with E-state index >= 15 is 0 Å². The predicted molar refractivity (Wildman–Crippen MR) is 98.0 cm³/mol. The summed E-state index contributed by atoms with van der Waals surface area (Å²) in [4.78, 5) is 22.3. The van der Waals surface area contributed by atoms with E-state index in [1.807, 2.05) is 16.8 Å². The van der Waals surface area contributed by atoms with Crippen molar-refractivity contribution in [3.63, 3.8) is 0 Å². The normalized spacial score (nSPS) is 13.5. The lowest BCUT2D eigenvalue weighted by molar-refractivity contribution is 0.102. The van der Waals surface area contributed by atoms with Gasteiger partial charge in [-0.3, -0.25) is 4.79 Å². The number of carbonyl (C=O) groups excluding carboxylic acids is 1. The van der Waals surface area contributed by atoms with Gasteiger partial charge >= 0.3 is 0 Å². The molecule has 0 atom stereocenters. The van der Waals surface area contributed by atoms with Gasteiger partial charge in [0.05, 0.1) is 12.0 Å². The fourth-order valence-electron chi connectivity index (χ4n) is 2.92. The van der Waals surface area contributed by atoms with Gasteiger partial charge in [-0.1, -0.05) is 29.8 Å². The quantitative estimate of drug-likeness (QED) is 0.756. The first kappa shape index (κ1) is 16.0. The van der Waals surface area contributed by atoms with E-state index in [1.165, 1.54) is 27.3 Å². The molecule has 1 aliphatic heterocycles. The number of fused-ring (bicyclic) bond motifs is 1. The third-order valence-corrected chi connectivity index (χ3v) is 5.27. The Hall–Kier alpha value is -2.51. The zero-order chi connectivity index (χ0) is 17.2.